The molecule has 0 atom stereocenters. The Morgan fingerprint density at radius 3 is 2.30 bits per heavy atom. The van der Waals surface area contributed by atoms with Crippen molar-refractivity contribution in [2.75, 3.05) is 33.1 Å². The summed E-state index contributed by atoms with van der Waals surface area (Å²) >= 11 is 0. The zero-order valence-electron chi connectivity index (χ0n) is 24.4. The van der Waals surface area contributed by atoms with Crippen LogP contribution < -0.4 is 15.5 Å². The van der Waals surface area contributed by atoms with E-state index in [0.29, 0.717) is 27.9 Å². The summed E-state index contributed by atoms with van der Waals surface area (Å²) in [5.74, 6) is -0.372. The van der Waals surface area contributed by atoms with Gasteiger partial charge >= 0.3 is 0 Å². The van der Waals surface area contributed by atoms with Gasteiger partial charge in [0.15, 0.2) is 0 Å². The zero-order valence-corrected chi connectivity index (χ0v) is 24.4. The third-order valence-corrected chi connectivity index (χ3v) is 7.71. The lowest BCUT2D eigenvalue weighted by molar-refractivity contribution is -0.121. The van der Waals surface area contributed by atoms with E-state index in [-0.39, 0.29) is 24.2 Å². The van der Waals surface area contributed by atoms with Crippen LogP contribution in [0.2, 0.25) is 0 Å². The van der Waals surface area contributed by atoms with E-state index in [1.54, 1.807) is 26.2 Å². The van der Waals surface area contributed by atoms with Crippen LogP contribution in [0.3, 0.4) is 0 Å². The maximum atomic E-state index is 13.7. The third-order valence-electron chi connectivity index (χ3n) is 7.71. The molecule has 43 heavy (non-hydrogen) atoms. The highest BCUT2D eigenvalue weighted by atomic mass is 19.1. The molecule has 2 amide bonds. The Bertz CT molecular complexity index is 2000. The quantitative estimate of drug-likeness (QED) is 0.222. The molecular weight excluding hydrogens is 543 g/mol. The Kier molecular flexibility index (Phi) is 7.19. The Morgan fingerprint density at radius 1 is 0.837 bits per heavy atom. The van der Waals surface area contributed by atoms with Gasteiger partial charge in [-0.05, 0) is 59.7 Å². The van der Waals surface area contributed by atoms with Gasteiger partial charge in [-0.15, -0.1) is 0 Å². The molecule has 6 rings (SSSR count). The van der Waals surface area contributed by atoms with Gasteiger partial charge < -0.3 is 24.5 Å². The molecule has 2 N–H and O–H groups in total. The molecular formula is C35H31FN4O3. The van der Waals surface area contributed by atoms with Crippen LogP contribution in [0, 0.1) is 5.82 Å². The molecule has 2 aromatic heterocycles. The lowest BCUT2D eigenvalue weighted by atomic mass is 9.96. The summed E-state index contributed by atoms with van der Waals surface area (Å²) in [6, 6.07) is 28.1. The number of fused-ring (bicyclic) bond motifs is 2. The first kappa shape index (κ1) is 27.8. The minimum atomic E-state index is -0.368. The molecule has 0 aliphatic rings. The van der Waals surface area contributed by atoms with E-state index in [0.717, 1.165) is 39.0 Å². The largest absolute Gasteiger partial charge is 0.455 e. The fourth-order valence-corrected chi connectivity index (χ4v) is 5.58. The topological polar surface area (TPSA) is 79.5 Å². The van der Waals surface area contributed by atoms with Gasteiger partial charge in [0.05, 0.1) is 5.56 Å². The standard InChI is InChI=1S/C35H31FN4O3/c1-37-32(41)20-40-28-11-6-5-8-24(28)17-29(40)23-10-7-9-22(16-23)26-18-27-31(19-30(26)39(3)4)43-34(33(27)35(42)38-2)21-12-14-25(36)15-13-21/h5-19H,20H2,1-4H3,(H,37,41)(H,38,42). The lowest BCUT2D eigenvalue weighted by Gasteiger charge is -2.19. The third kappa shape index (κ3) is 5.01. The van der Waals surface area contributed by atoms with Crippen molar-refractivity contribution in [3.63, 3.8) is 0 Å². The Labute approximate surface area is 248 Å². The molecule has 0 bridgehead atoms. The number of rotatable bonds is 7. The highest BCUT2D eigenvalue weighted by Gasteiger charge is 2.24. The molecule has 2 heterocycles. The van der Waals surface area contributed by atoms with Gasteiger partial charge in [-0.3, -0.25) is 9.59 Å². The molecule has 7 nitrogen and oxygen atoms in total. The fourth-order valence-electron chi connectivity index (χ4n) is 5.58. The van der Waals surface area contributed by atoms with Crippen LogP contribution in [0.4, 0.5) is 10.1 Å². The number of halogens is 1. The number of carbonyl (C=O) groups is 2. The van der Waals surface area contributed by atoms with Gasteiger partial charge in [0, 0.05) is 73.1 Å². The number of hydrogen-bond donors (Lipinski definition) is 2. The molecule has 6 aromatic rings. The average molecular weight is 575 g/mol. The number of hydrogen-bond acceptors (Lipinski definition) is 4. The van der Waals surface area contributed by atoms with Gasteiger partial charge in [0.25, 0.3) is 5.91 Å². The van der Waals surface area contributed by atoms with E-state index in [1.807, 2.05) is 78.2 Å². The van der Waals surface area contributed by atoms with E-state index in [4.69, 9.17) is 4.42 Å². The minimum Gasteiger partial charge on any atom is -0.455 e. The Morgan fingerprint density at radius 2 is 1.58 bits per heavy atom. The second-order valence-corrected chi connectivity index (χ2v) is 10.6. The fraction of sp³-hybridized carbons (Fsp3) is 0.143. The number of aromatic nitrogens is 1. The van der Waals surface area contributed by atoms with E-state index < -0.39 is 0 Å². The second kappa shape index (κ2) is 11.1. The van der Waals surface area contributed by atoms with Crippen molar-refractivity contribution >= 4 is 39.4 Å². The highest BCUT2D eigenvalue weighted by Crippen LogP contribution is 2.41. The van der Waals surface area contributed by atoms with E-state index in [1.165, 1.54) is 12.1 Å². The molecule has 0 spiro atoms. The van der Waals surface area contributed by atoms with Crippen LogP contribution in [0.1, 0.15) is 10.4 Å². The SMILES string of the molecule is CNC(=O)Cn1c(-c2cccc(-c3cc4c(C(=O)NC)c(-c5ccc(F)cc5)oc4cc3N(C)C)c2)cc2ccccc21. The summed E-state index contributed by atoms with van der Waals surface area (Å²) in [4.78, 5) is 27.7. The number of anilines is 1. The van der Waals surface area contributed by atoms with Crippen molar-refractivity contribution in [3.05, 3.63) is 102 Å². The van der Waals surface area contributed by atoms with Crippen molar-refractivity contribution in [1.29, 1.82) is 0 Å². The first-order valence-corrected chi connectivity index (χ1v) is 13.9. The van der Waals surface area contributed by atoms with Crippen molar-refractivity contribution in [2.24, 2.45) is 0 Å². The Hall–Kier alpha value is -5.37. The summed E-state index contributed by atoms with van der Waals surface area (Å²) < 4.78 is 22.0. The summed E-state index contributed by atoms with van der Waals surface area (Å²) in [5, 5.41) is 7.16. The second-order valence-electron chi connectivity index (χ2n) is 10.6. The van der Waals surface area contributed by atoms with Crippen LogP contribution >= 0.6 is 0 Å². The maximum absolute atomic E-state index is 13.7. The van der Waals surface area contributed by atoms with Crippen molar-refractivity contribution < 1.29 is 18.4 Å². The van der Waals surface area contributed by atoms with Gasteiger partial charge in [0.1, 0.15) is 23.7 Å². The number of amides is 2. The number of para-hydroxylation sites is 1. The number of furan rings is 1. The normalized spacial score (nSPS) is 11.2. The zero-order chi connectivity index (χ0) is 30.2. The van der Waals surface area contributed by atoms with Crippen molar-refractivity contribution in [3.8, 4) is 33.7 Å². The lowest BCUT2D eigenvalue weighted by Crippen LogP contribution is -2.23. The minimum absolute atomic E-state index is 0.0854. The number of nitrogens with zero attached hydrogens (tertiary/aromatic N) is 2. The summed E-state index contributed by atoms with van der Waals surface area (Å²) in [6.45, 7) is 0.190. The molecule has 216 valence electrons. The van der Waals surface area contributed by atoms with Crippen molar-refractivity contribution in [2.45, 2.75) is 6.54 Å². The van der Waals surface area contributed by atoms with E-state index in [2.05, 4.69) is 22.8 Å². The molecule has 4 aromatic carbocycles. The van der Waals surface area contributed by atoms with Crippen LogP contribution in [0.15, 0.2) is 95.4 Å². The van der Waals surface area contributed by atoms with Crippen molar-refractivity contribution in [1.82, 2.24) is 15.2 Å². The predicted octanol–water partition coefficient (Wildman–Crippen LogP) is 6.70. The maximum Gasteiger partial charge on any atom is 0.255 e. The average Bonchev–Trinajstić information content (AvgIpc) is 3.58. The summed E-state index contributed by atoms with van der Waals surface area (Å²) in [5.41, 5.74) is 7.14. The molecule has 0 unspecified atom stereocenters. The number of benzene rings is 4. The summed E-state index contributed by atoms with van der Waals surface area (Å²) in [7, 11) is 7.13. The first-order valence-electron chi connectivity index (χ1n) is 13.9. The smallest absolute Gasteiger partial charge is 0.255 e. The number of likely N-dealkylation sites (N-methyl/N-ethyl adjacent to an activating group) is 1. The molecule has 0 aliphatic carbocycles. The number of nitrogens with one attached hydrogen (secondary N) is 2. The molecule has 0 radical (unpaired) electrons. The molecule has 0 saturated heterocycles. The first-order chi connectivity index (χ1) is 20.8. The molecule has 0 saturated carbocycles. The molecule has 0 aliphatic heterocycles. The van der Waals surface area contributed by atoms with E-state index in [9.17, 15) is 14.0 Å². The van der Waals surface area contributed by atoms with Crippen LogP contribution in [-0.2, 0) is 11.3 Å². The van der Waals surface area contributed by atoms with Crippen LogP contribution in [0.25, 0.3) is 55.6 Å². The molecule has 8 heteroatoms. The summed E-state index contributed by atoms with van der Waals surface area (Å²) in [6.07, 6.45) is 0. The van der Waals surface area contributed by atoms with Gasteiger partial charge in [-0.25, -0.2) is 4.39 Å². The Balaban J connectivity index is 1.56. The van der Waals surface area contributed by atoms with Crippen LogP contribution in [-0.4, -0.2) is 44.6 Å². The van der Waals surface area contributed by atoms with Gasteiger partial charge in [0.2, 0.25) is 5.91 Å². The predicted molar refractivity (Wildman–Crippen MR) is 170 cm³/mol. The molecule has 0 fully saturated rings. The van der Waals surface area contributed by atoms with Crippen LogP contribution in [0.5, 0.6) is 0 Å². The van der Waals surface area contributed by atoms with Gasteiger partial charge in [-0.2, -0.15) is 0 Å². The monoisotopic (exact) mass is 574 g/mol. The highest BCUT2D eigenvalue weighted by molar-refractivity contribution is 6.13. The van der Waals surface area contributed by atoms with E-state index >= 15 is 0 Å². The number of carbonyl (C=O) groups excluding carboxylic acids is 2. The van der Waals surface area contributed by atoms with Gasteiger partial charge in [-0.1, -0.05) is 36.4 Å².